The van der Waals surface area contributed by atoms with E-state index in [0.29, 0.717) is 11.1 Å². The molecule has 116 valence electrons. The van der Waals surface area contributed by atoms with Crippen LogP contribution in [-0.4, -0.2) is 18.9 Å². The molecule has 1 fully saturated rings. The first kappa shape index (κ1) is 15.3. The molecule has 2 aromatic carbocycles. The molecule has 1 N–H and O–H groups in total. The molecule has 0 atom stereocenters. The summed E-state index contributed by atoms with van der Waals surface area (Å²) >= 11 is 0. The number of ketones is 1. The highest BCUT2D eigenvalue weighted by Crippen LogP contribution is 2.28. The zero-order valence-corrected chi connectivity index (χ0v) is 12.4. The van der Waals surface area contributed by atoms with Crippen molar-refractivity contribution >= 4 is 17.4 Å². The van der Waals surface area contributed by atoms with Crippen molar-refractivity contribution in [2.75, 3.05) is 13.1 Å². The van der Waals surface area contributed by atoms with Crippen molar-refractivity contribution in [3.05, 3.63) is 82.9 Å². The largest absolute Gasteiger partial charge is 0.308 e. The Bertz CT molecular complexity index is 714. The van der Waals surface area contributed by atoms with Crippen LogP contribution in [0.15, 0.2) is 71.8 Å². The number of carbonyl (C=O) groups excluding carboxylic acids is 1. The molecule has 0 amide bonds. The molecule has 0 spiro atoms. The van der Waals surface area contributed by atoms with Gasteiger partial charge in [0.2, 0.25) is 0 Å². The number of Topliss-reactive ketones (excluding diaryl/α,β-unsaturated/α-hetero) is 1. The van der Waals surface area contributed by atoms with Crippen LogP contribution in [0.25, 0.3) is 11.7 Å². The highest BCUT2D eigenvalue weighted by Gasteiger charge is 2.27. The molecule has 0 unspecified atom stereocenters. The number of halogens is 2. The van der Waals surface area contributed by atoms with E-state index in [-0.39, 0.29) is 24.2 Å². The summed E-state index contributed by atoms with van der Waals surface area (Å²) in [6.45, 7) is 0.177. The molecule has 1 aliphatic heterocycles. The first-order valence-corrected chi connectivity index (χ1v) is 7.32. The Morgan fingerprint density at radius 2 is 1.13 bits per heavy atom. The predicted molar refractivity (Wildman–Crippen MR) is 86.8 cm³/mol. The summed E-state index contributed by atoms with van der Waals surface area (Å²) in [5.74, 6) is -1.80. The fraction of sp³-hybridized carbons (Fsp3) is 0.105. The highest BCUT2D eigenvalue weighted by atomic mass is 19.1. The molecule has 1 saturated heterocycles. The van der Waals surface area contributed by atoms with Crippen LogP contribution in [-0.2, 0) is 4.79 Å². The van der Waals surface area contributed by atoms with E-state index in [1.54, 1.807) is 60.7 Å². The molecule has 0 bridgehead atoms. The average molecular weight is 311 g/mol. The van der Waals surface area contributed by atoms with Gasteiger partial charge in [-0.15, -0.1) is 0 Å². The standard InChI is InChI=1S/C19H15F2NO/c20-17(13-7-3-1-4-8-13)15-11-22-12-16(19(15)23)18(21)14-9-5-2-6-10-14/h1-10,22H,11-12H2. The second kappa shape index (κ2) is 6.67. The molecule has 23 heavy (non-hydrogen) atoms. The lowest BCUT2D eigenvalue weighted by atomic mass is 9.94. The Kier molecular flexibility index (Phi) is 4.44. The van der Waals surface area contributed by atoms with Crippen molar-refractivity contribution in [3.63, 3.8) is 0 Å². The first-order valence-electron chi connectivity index (χ1n) is 7.32. The third kappa shape index (κ3) is 3.12. The summed E-state index contributed by atoms with van der Waals surface area (Å²) in [4.78, 5) is 12.5. The molecule has 1 aliphatic rings. The van der Waals surface area contributed by atoms with Gasteiger partial charge in [-0.2, -0.15) is 0 Å². The monoisotopic (exact) mass is 311 g/mol. The maximum Gasteiger partial charge on any atom is 0.193 e. The van der Waals surface area contributed by atoms with E-state index in [4.69, 9.17) is 0 Å². The Balaban J connectivity index is 2.02. The molecule has 0 aliphatic carbocycles. The molecule has 0 aromatic heterocycles. The molecule has 0 radical (unpaired) electrons. The van der Waals surface area contributed by atoms with Gasteiger partial charge in [-0.05, 0) is 0 Å². The van der Waals surface area contributed by atoms with Gasteiger partial charge in [-0.1, -0.05) is 60.7 Å². The molecule has 2 aromatic rings. The van der Waals surface area contributed by atoms with Crippen molar-refractivity contribution in [2.24, 2.45) is 0 Å². The third-order valence-electron chi connectivity index (χ3n) is 3.74. The minimum Gasteiger partial charge on any atom is -0.308 e. The summed E-state index contributed by atoms with van der Waals surface area (Å²) in [6.07, 6.45) is 0. The van der Waals surface area contributed by atoms with Gasteiger partial charge >= 0.3 is 0 Å². The van der Waals surface area contributed by atoms with Crippen molar-refractivity contribution < 1.29 is 13.6 Å². The summed E-state index contributed by atoms with van der Waals surface area (Å²) in [6, 6.07) is 16.6. The lowest BCUT2D eigenvalue weighted by Crippen LogP contribution is -2.34. The van der Waals surface area contributed by atoms with Gasteiger partial charge in [-0.3, -0.25) is 4.79 Å². The van der Waals surface area contributed by atoms with Gasteiger partial charge in [0.15, 0.2) is 5.78 Å². The van der Waals surface area contributed by atoms with Gasteiger partial charge in [0.25, 0.3) is 0 Å². The summed E-state index contributed by atoms with van der Waals surface area (Å²) < 4.78 is 29.2. The van der Waals surface area contributed by atoms with Gasteiger partial charge in [0.05, 0.1) is 11.1 Å². The van der Waals surface area contributed by atoms with Crippen LogP contribution in [0.2, 0.25) is 0 Å². The topological polar surface area (TPSA) is 29.1 Å². The zero-order chi connectivity index (χ0) is 16.2. The molecule has 3 rings (SSSR count). The van der Waals surface area contributed by atoms with Crippen LogP contribution in [0, 0.1) is 0 Å². The maximum atomic E-state index is 14.6. The van der Waals surface area contributed by atoms with E-state index in [1.807, 2.05) is 0 Å². The lowest BCUT2D eigenvalue weighted by molar-refractivity contribution is -0.112. The molecule has 0 saturated carbocycles. The van der Waals surface area contributed by atoms with Crippen molar-refractivity contribution in [2.45, 2.75) is 0 Å². The highest BCUT2D eigenvalue weighted by molar-refractivity contribution is 6.16. The lowest BCUT2D eigenvalue weighted by Gasteiger charge is -2.19. The number of piperidine rings is 1. The van der Waals surface area contributed by atoms with E-state index in [9.17, 15) is 13.6 Å². The Morgan fingerprint density at radius 3 is 1.52 bits per heavy atom. The number of hydrogen-bond acceptors (Lipinski definition) is 2. The molecule has 1 heterocycles. The summed E-state index contributed by atoms with van der Waals surface area (Å²) in [5.41, 5.74) is 0.560. The normalized spacial score (nSPS) is 19.5. The Morgan fingerprint density at radius 1 is 0.739 bits per heavy atom. The van der Waals surface area contributed by atoms with Crippen molar-refractivity contribution in [1.29, 1.82) is 0 Å². The van der Waals surface area contributed by atoms with E-state index in [1.165, 1.54) is 0 Å². The zero-order valence-electron chi connectivity index (χ0n) is 12.4. The summed E-state index contributed by atoms with van der Waals surface area (Å²) in [5, 5.41) is 2.90. The molecular formula is C19H15F2NO. The number of carbonyl (C=O) groups is 1. The van der Waals surface area contributed by atoms with Gasteiger partial charge in [0.1, 0.15) is 11.7 Å². The van der Waals surface area contributed by atoms with Crippen LogP contribution < -0.4 is 5.32 Å². The predicted octanol–water partition coefficient (Wildman–Crippen LogP) is 3.92. The van der Waals surface area contributed by atoms with Crippen LogP contribution >= 0.6 is 0 Å². The van der Waals surface area contributed by atoms with Crippen LogP contribution in [0.1, 0.15) is 11.1 Å². The first-order chi connectivity index (χ1) is 11.2. The van der Waals surface area contributed by atoms with Gasteiger partial charge in [-0.25, -0.2) is 8.78 Å². The number of rotatable bonds is 2. The maximum absolute atomic E-state index is 14.6. The van der Waals surface area contributed by atoms with Crippen LogP contribution in [0.3, 0.4) is 0 Å². The SMILES string of the molecule is O=C1C(=C(F)c2ccccc2)CNCC1=C(F)c1ccccc1. The second-order valence-corrected chi connectivity index (χ2v) is 5.25. The van der Waals surface area contributed by atoms with E-state index < -0.39 is 17.4 Å². The fourth-order valence-corrected chi connectivity index (χ4v) is 2.53. The van der Waals surface area contributed by atoms with Gasteiger partial charge < -0.3 is 5.32 Å². The number of benzene rings is 2. The smallest absolute Gasteiger partial charge is 0.193 e. The molecule has 4 heteroatoms. The number of nitrogens with one attached hydrogen (secondary N) is 1. The Labute approximate surface area is 133 Å². The van der Waals surface area contributed by atoms with E-state index >= 15 is 0 Å². The Hall–Kier alpha value is -2.59. The minimum absolute atomic E-state index is 0.0384. The third-order valence-corrected chi connectivity index (χ3v) is 3.74. The van der Waals surface area contributed by atoms with E-state index in [2.05, 4.69) is 5.32 Å². The fourth-order valence-electron chi connectivity index (χ4n) is 2.53. The number of hydrogen-bond donors (Lipinski definition) is 1. The minimum atomic E-state index is -0.610. The second-order valence-electron chi connectivity index (χ2n) is 5.25. The van der Waals surface area contributed by atoms with Crippen LogP contribution in [0.5, 0.6) is 0 Å². The van der Waals surface area contributed by atoms with Crippen LogP contribution in [0.4, 0.5) is 8.78 Å². The van der Waals surface area contributed by atoms with Crippen molar-refractivity contribution in [3.8, 4) is 0 Å². The van der Waals surface area contributed by atoms with Crippen molar-refractivity contribution in [1.82, 2.24) is 5.32 Å². The van der Waals surface area contributed by atoms with E-state index in [0.717, 1.165) is 0 Å². The average Bonchev–Trinajstić information content (AvgIpc) is 2.62. The quantitative estimate of drug-likeness (QED) is 0.852. The van der Waals surface area contributed by atoms with Gasteiger partial charge in [0, 0.05) is 24.2 Å². The molecular weight excluding hydrogens is 296 g/mol. The molecule has 2 nitrogen and oxygen atoms in total. The summed E-state index contributed by atoms with van der Waals surface area (Å²) in [7, 11) is 0.